The Hall–Kier alpha value is -7.62. The highest BCUT2D eigenvalue weighted by Gasteiger charge is 2.51. The summed E-state index contributed by atoms with van der Waals surface area (Å²) >= 11 is 0. The molecule has 0 saturated carbocycles. The van der Waals surface area contributed by atoms with Gasteiger partial charge in [0.15, 0.2) is 5.82 Å². The number of rotatable bonds is 4. The van der Waals surface area contributed by atoms with Crippen molar-refractivity contribution in [2.75, 3.05) is 4.90 Å². The SMILES string of the molecule is c1ccc(-c2nc(-c3ccc(-c4ccc5c(c4)-c4cc6ccccc6cc4C54c5ccccc5N(c5ccccc5)c5ccccc54)cc3)nc3ccccc23)cc1. The lowest BCUT2D eigenvalue weighted by Gasteiger charge is -2.45. The molecule has 10 aromatic rings. The summed E-state index contributed by atoms with van der Waals surface area (Å²) in [5.74, 6) is 0.722. The van der Waals surface area contributed by atoms with E-state index < -0.39 is 5.41 Å². The average Bonchev–Trinajstić information content (AvgIpc) is 3.57. The minimum Gasteiger partial charge on any atom is -0.310 e. The molecule has 0 N–H and O–H groups in total. The normalized spacial score (nSPS) is 13.3. The summed E-state index contributed by atoms with van der Waals surface area (Å²) < 4.78 is 0. The Morgan fingerprint density at radius 2 is 0.931 bits per heavy atom. The number of nitrogens with zero attached hydrogens (tertiary/aromatic N) is 3. The molecule has 1 spiro atoms. The first kappa shape index (κ1) is 32.6. The first-order valence-electron chi connectivity index (χ1n) is 19.9. The van der Waals surface area contributed by atoms with Crippen molar-refractivity contribution in [1.29, 1.82) is 0 Å². The summed E-state index contributed by atoms with van der Waals surface area (Å²) in [6.07, 6.45) is 0. The number of fused-ring (bicyclic) bond motifs is 11. The van der Waals surface area contributed by atoms with Gasteiger partial charge in [0, 0.05) is 22.2 Å². The number of benzene rings is 9. The fourth-order valence-electron chi connectivity index (χ4n) is 9.71. The molecule has 1 aromatic heterocycles. The quantitative estimate of drug-likeness (QED) is 0.180. The van der Waals surface area contributed by atoms with Crippen LogP contribution in [0.15, 0.2) is 212 Å². The molecule has 0 bridgehead atoms. The zero-order valence-electron chi connectivity index (χ0n) is 31.5. The van der Waals surface area contributed by atoms with Gasteiger partial charge < -0.3 is 4.90 Å². The van der Waals surface area contributed by atoms with Gasteiger partial charge in [0.05, 0.1) is 28.0 Å². The lowest BCUT2D eigenvalue weighted by Crippen LogP contribution is -2.36. The molecule has 0 atom stereocenters. The highest BCUT2D eigenvalue weighted by Crippen LogP contribution is 2.64. The maximum absolute atomic E-state index is 5.14. The Balaban J connectivity index is 1.04. The van der Waals surface area contributed by atoms with Crippen LogP contribution in [0, 0.1) is 0 Å². The highest BCUT2D eigenvalue weighted by atomic mass is 15.2. The third-order valence-corrected chi connectivity index (χ3v) is 12.2. The molecule has 0 saturated heterocycles. The molecule has 9 aromatic carbocycles. The van der Waals surface area contributed by atoms with E-state index in [0.29, 0.717) is 0 Å². The van der Waals surface area contributed by atoms with Crippen molar-refractivity contribution in [2.24, 2.45) is 0 Å². The first-order valence-corrected chi connectivity index (χ1v) is 19.9. The van der Waals surface area contributed by atoms with Crippen LogP contribution in [0.25, 0.3) is 66.6 Å². The van der Waals surface area contributed by atoms with E-state index in [1.54, 1.807) is 0 Å². The van der Waals surface area contributed by atoms with Gasteiger partial charge in [-0.2, -0.15) is 0 Å². The molecule has 270 valence electrons. The van der Waals surface area contributed by atoms with Gasteiger partial charge in [0.2, 0.25) is 0 Å². The van der Waals surface area contributed by atoms with Crippen molar-refractivity contribution in [3.05, 3.63) is 235 Å². The van der Waals surface area contributed by atoms with Crippen molar-refractivity contribution < 1.29 is 0 Å². The lowest BCUT2D eigenvalue weighted by molar-refractivity contribution is 0.753. The number of hydrogen-bond donors (Lipinski definition) is 0. The average molecular weight is 738 g/mol. The Bertz CT molecular complexity index is 3180. The summed E-state index contributed by atoms with van der Waals surface area (Å²) in [5, 5.41) is 3.54. The molecule has 3 nitrogen and oxygen atoms in total. The smallest absolute Gasteiger partial charge is 0.160 e. The molecule has 0 fully saturated rings. The first-order chi connectivity index (χ1) is 28.8. The van der Waals surface area contributed by atoms with Crippen LogP contribution in [0.4, 0.5) is 17.1 Å². The standard InChI is InChI=1S/C55H35N3/c1-3-15-37(16-4-1)53-43-21-9-12-24-50(43)56-54(57-53)38-29-27-36(28-30-38)41-31-32-46-44(34-41)45-33-39-17-7-8-18-40(39)35-49(45)55(46)47-22-10-13-25-51(47)58(42-19-5-2-6-20-42)52-26-14-11-23-48(52)55/h1-35H. The van der Waals surface area contributed by atoms with Crippen LogP contribution in [0.1, 0.15) is 22.3 Å². The van der Waals surface area contributed by atoms with Crippen LogP contribution >= 0.6 is 0 Å². The summed E-state index contributed by atoms with van der Waals surface area (Å²) in [4.78, 5) is 12.6. The fraction of sp³-hybridized carbons (Fsp3) is 0.0182. The van der Waals surface area contributed by atoms with Gasteiger partial charge in [0.25, 0.3) is 0 Å². The van der Waals surface area contributed by atoms with Crippen molar-refractivity contribution in [2.45, 2.75) is 5.41 Å². The summed E-state index contributed by atoms with van der Waals surface area (Å²) in [7, 11) is 0. The minimum absolute atomic E-state index is 0.514. The summed E-state index contributed by atoms with van der Waals surface area (Å²) in [6, 6.07) is 77.0. The van der Waals surface area contributed by atoms with E-state index in [1.807, 2.05) is 12.1 Å². The maximum atomic E-state index is 5.14. The van der Waals surface area contributed by atoms with Gasteiger partial charge in [-0.1, -0.05) is 164 Å². The third kappa shape index (κ3) is 4.74. The van der Waals surface area contributed by atoms with Crippen LogP contribution in [0.2, 0.25) is 0 Å². The van der Waals surface area contributed by atoms with Crippen LogP contribution in [0.3, 0.4) is 0 Å². The molecular formula is C55H35N3. The minimum atomic E-state index is -0.514. The second-order valence-corrected chi connectivity index (χ2v) is 15.3. The maximum Gasteiger partial charge on any atom is 0.160 e. The Morgan fingerprint density at radius 1 is 0.362 bits per heavy atom. The Labute approximate surface area is 337 Å². The molecule has 2 aliphatic rings. The number of aromatic nitrogens is 2. The zero-order valence-corrected chi connectivity index (χ0v) is 31.5. The van der Waals surface area contributed by atoms with Gasteiger partial charge in [-0.25, -0.2) is 9.97 Å². The van der Waals surface area contributed by atoms with Crippen LogP contribution in [0.5, 0.6) is 0 Å². The Kier molecular flexibility index (Phi) is 7.14. The van der Waals surface area contributed by atoms with E-state index in [9.17, 15) is 0 Å². The molecule has 3 heteroatoms. The second kappa shape index (κ2) is 12.7. The van der Waals surface area contributed by atoms with Crippen molar-refractivity contribution in [3.63, 3.8) is 0 Å². The molecule has 0 amide bonds. The molecular weight excluding hydrogens is 703 g/mol. The van der Waals surface area contributed by atoms with Gasteiger partial charge in [-0.05, 0) is 104 Å². The van der Waals surface area contributed by atoms with Crippen molar-refractivity contribution in [1.82, 2.24) is 9.97 Å². The van der Waals surface area contributed by atoms with Gasteiger partial charge in [0.1, 0.15) is 0 Å². The fourth-order valence-corrected chi connectivity index (χ4v) is 9.71. The predicted molar refractivity (Wildman–Crippen MR) is 239 cm³/mol. The number of para-hydroxylation sites is 4. The van der Waals surface area contributed by atoms with E-state index in [4.69, 9.17) is 9.97 Å². The zero-order chi connectivity index (χ0) is 38.2. The summed E-state index contributed by atoms with van der Waals surface area (Å²) in [6.45, 7) is 0. The van der Waals surface area contributed by atoms with Crippen molar-refractivity contribution >= 4 is 38.7 Å². The van der Waals surface area contributed by atoms with E-state index in [0.717, 1.165) is 44.8 Å². The van der Waals surface area contributed by atoms with Crippen LogP contribution in [-0.4, -0.2) is 9.97 Å². The third-order valence-electron chi connectivity index (χ3n) is 12.2. The predicted octanol–water partition coefficient (Wildman–Crippen LogP) is 13.9. The molecule has 12 rings (SSSR count). The Morgan fingerprint density at radius 3 is 1.67 bits per heavy atom. The van der Waals surface area contributed by atoms with Gasteiger partial charge >= 0.3 is 0 Å². The van der Waals surface area contributed by atoms with E-state index in [1.165, 1.54) is 61.1 Å². The van der Waals surface area contributed by atoms with E-state index in [2.05, 4.69) is 205 Å². The number of anilines is 3. The molecule has 2 heterocycles. The molecule has 0 unspecified atom stereocenters. The lowest BCUT2D eigenvalue weighted by atomic mass is 9.64. The second-order valence-electron chi connectivity index (χ2n) is 15.3. The molecule has 1 aliphatic heterocycles. The van der Waals surface area contributed by atoms with E-state index in [-0.39, 0.29) is 0 Å². The van der Waals surface area contributed by atoms with Crippen LogP contribution in [-0.2, 0) is 5.41 Å². The molecule has 58 heavy (non-hydrogen) atoms. The van der Waals surface area contributed by atoms with Crippen molar-refractivity contribution in [3.8, 4) is 44.9 Å². The topological polar surface area (TPSA) is 29.0 Å². The van der Waals surface area contributed by atoms with E-state index >= 15 is 0 Å². The summed E-state index contributed by atoms with van der Waals surface area (Å²) in [5.41, 5.74) is 17.1. The molecule has 1 aliphatic carbocycles. The van der Waals surface area contributed by atoms with Gasteiger partial charge in [-0.3, -0.25) is 0 Å². The molecule has 0 radical (unpaired) electrons. The largest absolute Gasteiger partial charge is 0.310 e. The highest BCUT2D eigenvalue weighted by molar-refractivity contribution is 6.01. The van der Waals surface area contributed by atoms with Crippen LogP contribution < -0.4 is 4.90 Å². The monoisotopic (exact) mass is 737 g/mol. The van der Waals surface area contributed by atoms with Gasteiger partial charge in [-0.15, -0.1) is 0 Å². The number of hydrogen-bond acceptors (Lipinski definition) is 3.